The van der Waals surface area contributed by atoms with Crippen molar-refractivity contribution in [2.45, 2.75) is 40.4 Å². The smallest absolute Gasteiger partial charge is 0.212 e. The van der Waals surface area contributed by atoms with E-state index in [1.807, 2.05) is 55.9 Å². The Morgan fingerprint density at radius 3 is 2.61 bits per heavy atom. The van der Waals surface area contributed by atoms with E-state index in [-0.39, 0.29) is 5.41 Å². The first-order chi connectivity index (χ1) is 15.5. The summed E-state index contributed by atoms with van der Waals surface area (Å²) in [4.78, 5) is 13.9. The van der Waals surface area contributed by atoms with Crippen LogP contribution in [0.2, 0.25) is 0 Å². The molecule has 4 N–H and O–H groups in total. The summed E-state index contributed by atoms with van der Waals surface area (Å²) in [6.45, 7) is 11.3. The number of rotatable bonds is 5. The molecule has 1 aliphatic heterocycles. The Kier molecular flexibility index (Phi) is 5.66. The van der Waals surface area contributed by atoms with Crippen molar-refractivity contribution < 1.29 is 4.74 Å². The Morgan fingerprint density at radius 1 is 1.21 bits per heavy atom. The number of hydrogen-bond donors (Lipinski definition) is 3. The van der Waals surface area contributed by atoms with Crippen LogP contribution in [0, 0.1) is 19.3 Å². The zero-order valence-electron chi connectivity index (χ0n) is 20.4. The van der Waals surface area contributed by atoms with E-state index in [1.54, 1.807) is 13.3 Å². The van der Waals surface area contributed by atoms with Crippen LogP contribution in [0.4, 0.5) is 11.5 Å². The van der Waals surface area contributed by atoms with Crippen molar-refractivity contribution in [2.75, 3.05) is 24.3 Å². The van der Waals surface area contributed by atoms with Crippen molar-refractivity contribution in [3.05, 3.63) is 53.0 Å². The molecule has 8 heteroatoms. The number of fused-ring (bicyclic) bond motifs is 1. The highest BCUT2D eigenvalue weighted by Crippen LogP contribution is 2.39. The minimum absolute atomic E-state index is 0.100. The van der Waals surface area contributed by atoms with Gasteiger partial charge in [0.15, 0.2) is 5.82 Å². The fraction of sp³-hybridized carbons (Fsp3) is 0.400. The SMILES string of the molecule is COc1cc(-c2ncc(C)n2C)ccc1C1(N)N=Cc2cc(C)nc(NCC(C)(C)C)c2N1. The Balaban J connectivity index is 1.73. The number of imidazole rings is 1. The lowest BCUT2D eigenvalue weighted by molar-refractivity contribution is 0.393. The molecule has 0 radical (unpaired) electrons. The number of hydrogen-bond acceptors (Lipinski definition) is 7. The highest BCUT2D eigenvalue weighted by atomic mass is 16.5. The normalized spacial score (nSPS) is 17.5. The third-order valence-corrected chi connectivity index (χ3v) is 5.78. The summed E-state index contributed by atoms with van der Waals surface area (Å²) in [5, 5.41) is 6.90. The summed E-state index contributed by atoms with van der Waals surface area (Å²) in [5.41, 5.74) is 12.4. The van der Waals surface area contributed by atoms with E-state index in [9.17, 15) is 0 Å². The second-order valence-corrected chi connectivity index (χ2v) is 9.84. The summed E-state index contributed by atoms with van der Waals surface area (Å²) in [7, 11) is 3.63. The van der Waals surface area contributed by atoms with Crippen LogP contribution in [-0.4, -0.2) is 34.4 Å². The van der Waals surface area contributed by atoms with E-state index in [2.05, 4.69) is 41.4 Å². The van der Waals surface area contributed by atoms with Crippen molar-refractivity contribution in [3.63, 3.8) is 0 Å². The van der Waals surface area contributed by atoms with E-state index < -0.39 is 5.79 Å². The molecule has 174 valence electrons. The van der Waals surface area contributed by atoms with Crippen LogP contribution >= 0.6 is 0 Å². The fourth-order valence-corrected chi connectivity index (χ4v) is 3.85. The van der Waals surface area contributed by atoms with Gasteiger partial charge in [-0.1, -0.05) is 26.8 Å². The summed E-state index contributed by atoms with van der Waals surface area (Å²) in [5.74, 6) is 1.05. The van der Waals surface area contributed by atoms with Crippen LogP contribution in [0.1, 0.15) is 43.3 Å². The fourth-order valence-electron chi connectivity index (χ4n) is 3.85. The van der Waals surface area contributed by atoms with Crippen LogP contribution in [0.15, 0.2) is 35.5 Å². The van der Waals surface area contributed by atoms with Crippen LogP contribution in [0.5, 0.6) is 5.75 Å². The van der Waals surface area contributed by atoms with Crippen molar-refractivity contribution >= 4 is 17.7 Å². The summed E-state index contributed by atoms with van der Waals surface area (Å²) in [6.07, 6.45) is 3.66. The van der Waals surface area contributed by atoms with Crippen LogP contribution < -0.4 is 21.1 Å². The zero-order chi connectivity index (χ0) is 24.0. The maximum Gasteiger partial charge on any atom is 0.212 e. The Morgan fingerprint density at radius 2 is 1.97 bits per heavy atom. The van der Waals surface area contributed by atoms with E-state index in [4.69, 9.17) is 15.5 Å². The van der Waals surface area contributed by atoms with Gasteiger partial charge < -0.3 is 19.9 Å². The molecule has 0 amide bonds. The lowest BCUT2D eigenvalue weighted by Gasteiger charge is -2.34. The first kappa shape index (κ1) is 22.8. The number of aliphatic imine (C=N–C) groups is 1. The zero-order valence-corrected chi connectivity index (χ0v) is 20.4. The number of pyridine rings is 1. The molecule has 1 aromatic carbocycles. The first-order valence-corrected chi connectivity index (χ1v) is 11.1. The molecule has 0 spiro atoms. The molecule has 1 unspecified atom stereocenters. The summed E-state index contributed by atoms with van der Waals surface area (Å²) >= 11 is 0. The number of nitrogens with one attached hydrogen (secondary N) is 2. The van der Waals surface area contributed by atoms with Crippen LogP contribution in [0.25, 0.3) is 11.4 Å². The standard InChI is InChI=1S/C25H33N7O/c1-15-10-18-13-29-25(26,31-21(18)22(30-15)28-14-24(3,4)5)19-9-8-17(11-20(19)33-7)23-27-12-16(2)32(23)6/h8-13,31H,14,26H2,1-7H3,(H,28,30). The molecular weight excluding hydrogens is 414 g/mol. The minimum atomic E-state index is -1.20. The van der Waals surface area contributed by atoms with Gasteiger partial charge in [0.2, 0.25) is 5.79 Å². The largest absolute Gasteiger partial charge is 0.496 e. The Hall–Kier alpha value is -3.39. The van der Waals surface area contributed by atoms with Crippen LogP contribution in [0.3, 0.4) is 0 Å². The number of methoxy groups -OCH3 is 1. The molecule has 3 aromatic rings. The molecule has 2 aromatic heterocycles. The lowest BCUT2D eigenvalue weighted by Crippen LogP contribution is -2.45. The Bertz CT molecular complexity index is 1220. The average Bonchev–Trinajstić information content (AvgIpc) is 3.09. The van der Waals surface area contributed by atoms with Gasteiger partial charge in [-0.25, -0.2) is 15.0 Å². The molecule has 0 fully saturated rings. The second-order valence-electron chi connectivity index (χ2n) is 9.84. The molecule has 33 heavy (non-hydrogen) atoms. The quantitative estimate of drug-likeness (QED) is 0.542. The molecule has 3 heterocycles. The van der Waals surface area contributed by atoms with Gasteiger partial charge in [0.05, 0.1) is 18.4 Å². The van der Waals surface area contributed by atoms with E-state index in [0.29, 0.717) is 5.75 Å². The number of aromatic nitrogens is 3. The van der Waals surface area contributed by atoms with Gasteiger partial charge in [0.25, 0.3) is 0 Å². The summed E-state index contributed by atoms with van der Waals surface area (Å²) < 4.78 is 7.78. The van der Waals surface area contributed by atoms with Gasteiger partial charge >= 0.3 is 0 Å². The van der Waals surface area contributed by atoms with E-state index in [0.717, 1.165) is 52.0 Å². The topological polar surface area (TPSA) is 102 Å². The molecule has 1 atom stereocenters. The van der Waals surface area contributed by atoms with Crippen molar-refractivity contribution in [1.29, 1.82) is 0 Å². The average molecular weight is 448 g/mol. The predicted octanol–water partition coefficient (Wildman–Crippen LogP) is 4.18. The monoisotopic (exact) mass is 447 g/mol. The van der Waals surface area contributed by atoms with Gasteiger partial charge in [-0.05, 0) is 37.5 Å². The minimum Gasteiger partial charge on any atom is -0.496 e. The molecule has 0 saturated carbocycles. The molecule has 0 bridgehead atoms. The highest BCUT2D eigenvalue weighted by Gasteiger charge is 2.34. The number of anilines is 2. The van der Waals surface area contributed by atoms with Gasteiger partial charge in [-0.2, -0.15) is 0 Å². The highest BCUT2D eigenvalue weighted by molar-refractivity contribution is 5.94. The molecule has 1 aliphatic rings. The third kappa shape index (κ3) is 4.43. The maximum absolute atomic E-state index is 6.82. The maximum atomic E-state index is 6.82. The van der Waals surface area contributed by atoms with Gasteiger partial charge in [-0.3, -0.25) is 5.73 Å². The Labute approximate surface area is 195 Å². The second kappa shape index (κ2) is 8.19. The molecule has 8 nitrogen and oxygen atoms in total. The lowest BCUT2D eigenvalue weighted by atomic mass is 9.97. The number of nitrogens with zero attached hydrogens (tertiary/aromatic N) is 4. The van der Waals surface area contributed by atoms with E-state index in [1.165, 1.54) is 0 Å². The number of benzene rings is 1. The number of nitrogens with two attached hydrogens (primary N) is 1. The third-order valence-electron chi connectivity index (χ3n) is 5.78. The number of ether oxygens (including phenoxy) is 1. The molecule has 0 saturated heterocycles. The van der Waals surface area contributed by atoms with E-state index >= 15 is 0 Å². The molecular formula is C25H33N7O. The first-order valence-electron chi connectivity index (χ1n) is 11.1. The molecule has 4 rings (SSSR count). The van der Waals surface area contributed by atoms with Crippen LogP contribution in [-0.2, 0) is 12.8 Å². The van der Waals surface area contributed by atoms with Gasteiger partial charge in [-0.15, -0.1) is 0 Å². The molecule has 0 aliphatic carbocycles. The van der Waals surface area contributed by atoms with Crippen molar-refractivity contribution in [3.8, 4) is 17.1 Å². The van der Waals surface area contributed by atoms with Gasteiger partial charge in [0, 0.05) is 48.5 Å². The summed E-state index contributed by atoms with van der Waals surface area (Å²) in [6, 6.07) is 7.88. The van der Waals surface area contributed by atoms with Gasteiger partial charge in [0.1, 0.15) is 11.6 Å². The predicted molar refractivity (Wildman–Crippen MR) is 134 cm³/mol. The number of aryl methyl sites for hydroxylation is 2. The van der Waals surface area contributed by atoms with Crippen molar-refractivity contribution in [1.82, 2.24) is 14.5 Å². The van der Waals surface area contributed by atoms with Crippen molar-refractivity contribution in [2.24, 2.45) is 23.2 Å².